The molecule has 0 atom stereocenters. The van der Waals surface area contributed by atoms with E-state index in [1.165, 1.54) is 38.5 Å². The summed E-state index contributed by atoms with van der Waals surface area (Å²) < 4.78 is 2.08. The molecule has 1 fully saturated rings. The summed E-state index contributed by atoms with van der Waals surface area (Å²) in [6.45, 7) is 2.04. The Morgan fingerprint density at radius 3 is 2.47 bits per heavy atom. The monoisotopic (exact) mass is 207 g/mol. The minimum atomic E-state index is 0.632. The highest BCUT2D eigenvalue weighted by Crippen LogP contribution is 2.20. The Hall–Kier alpha value is -0.990. The van der Waals surface area contributed by atoms with E-state index in [9.17, 15) is 0 Å². The number of anilines is 1. The minimum Gasteiger partial charge on any atom is -0.353 e. The molecule has 0 amide bonds. The molecule has 1 saturated carbocycles. The first-order valence-corrected chi connectivity index (χ1v) is 6.02. The summed E-state index contributed by atoms with van der Waals surface area (Å²) in [6, 6.07) is 0.632. The number of aryl methyl sites for hydroxylation is 2. The van der Waals surface area contributed by atoms with Crippen LogP contribution in [0.25, 0.3) is 0 Å². The van der Waals surface area contributed by atoms with Crippen molar-refractivity contribution in [2.24, 2.45) is 7.05 Å². The Morgan fingerprint density at radius 2 is 1.93 bits per heavy atom. The zero-order chi connectivity index (χ0) is 10.7. The lowest BCUT2D eigenvalue weighted by molar-refractivity contribution is 0.611. The second-order valence-corrected chi connectivity index (χ2v) is 4.65. The lowest BCUT2D eigenvalue weighted by atomic mass is 10.1. The molecule has 1 N–H and O–H groups in total. The van der Waals surface area contributed by atoms with E-state index in [1.807, 2.05) is 6.92 Å². The van der Waals surface area contributed by atoms with Gasteiger partial charge in [-0.05, 0) is 19.8 Å². The molecule has 0 unspecified atom stereocenters. The molecule has 0 bridgehead atoms. The van der Waals surface area contributed by atoms with E-state index in [2.05, 4.69) is 28.1 Å². The van der Waals surface area contributed by atoms with Crippen molar-refractivity contribution in [1.29, 1.82) is 0 Å². The predicted molar refractivity (Wildman–Crippen MR) is 63.1 cm³/mol. The molecule has 1 aliphatic rings. The zero-order valence-electron chi connectivity index (χ0n) is 9.79. The van der Waals surface area contributed by atoms with Crippen LogP contribution in [0.5, 0.6) is 0 Å². The molecule has 0 saturated heterocycles. The second kappa shape index (κ2) is 4.69. The van der Waals surface area contributed by atoms with E-state index in [4.69, 9.17) is 0 Å². The molecule has 0 aromatic carbocycles. The van der Waals surface area contributed by atoms with Crippen LogP contribution in [0, 0.1) is 6.92 Å². The van der Waals surface area contributed by atoms with Gasteiger partial charge in [0, 0.05) is 19.3 Å². The van der Waals surface area contributed by atoms with Crippen molar-refractivity contribution in [2.75, 3.05) is 5.32 Å². The highest BCUT2D eigenvalue weighted by Gasteiger charge is 2.13. The normalized spacial score (nSPS) is 18.8. The van der Waals surface area contributed by atoms with Crippen molar-refractivity contribution < 1.29 is 0 Å². The average Bonchev–Trinajstić information content (AvgIpc) is 2.44. The SMILES string of the molecule is Cc1cn(C)c(NC2CCCCCC2)n1. The van der Waals surface area contributed by atoms with E-state index < -0.39 is 0 Å². The van der Waals surface area contributed by atoms with Crippen molar-refractivity contribution in [2.45, 2.75) is 51.5 Å². The van der Waals surface area contributed by atoms with Crippen LogP contribution in [0.1, 0.15) is 44.2 Å². The van der Waals surface area contributed by atoms with Crippen LogP contribution in [-0.2, 0) is 7.05 Å². The number of nitrogens with zero attached hydrogens (tertiary/aromatic N) is 2. The zero-order valence-corrected chi connectivity index (χ0v) is 9.79. The highest BCUT2D eigenvalue weighted by atomic mass is 15.2. The van der Waals surface area contributed by atoms with Crippen LogP contribution in [0.3, 0.4) is 0 Å². The Bertz CT molecular complexity index is 309. The third-order valence-corrected chi connectivity index (χ3v) is 3.19. The van der Waals surface area contributed by atoms with Gasteiger partial charge < -0.3 is 9.88 Å². The Labute approximate surface area is 91.9 Å². The first-order chi connectivity index (χ1) is 7.25. The summed E-state index contributed by atoms with van der Waals surface area (Å²) in [7, 11) is 2.05. The standard InChI is InChI=1S/C12H21N3/c1-10-9-15(2)12(13-10)14-11-7-5-3-4-6-8-11/h9,11H,3-8H2,1-2H3,(H,13,14). The summed E-state index contributed by atoms with van der Waals surface area (Å²) in [5, 5.41) is 3.56. The van der Waals surface area contributed by atoms with Crippen LogP contribution >= 0.6 is 0 Å². The van der Waals surface area contributed by atoms with Gasteiger partial charge in [-0.2, -0.15) is 0 Å². The van der Waals surface area contributed by atoms with Gasteiger partial charge in [0.15, 0.2) is 0 Å². The largest absolute Gasteiger partial charge is 0.353 e. The molecule has 0 aliphatic heterocycles. The van der Waals surface area contributed by atoms with Crippen LogP contribution in [0.2, 0.25) is 0 Å². The summed E-state index contributed by atoms with van der Waals surface area (Å²) in [5.41, 5.74) is 1.09. The van der Waals surface area contributed by atoms with Crippen LogP contribution in [0.4, 0.5) is 5.95 Å². The lowest BCUT2D eigenvalue weighted by Gasteiger charge is -2.16. The van der Waals surface area contributed by atoms with Crippen molar-refractivity contribution in [3.63, 3.8) is 0 Å². The molecular weight excluding hydrogens is 186 g/mol. The maximum atomic E-state index is 4.49. The van der Waals surface area contributed by atoms with Gasteiger partial charge in [-0.25, -0.2) is 4.98 Å². The third kappa shape index (κ3) is 2.74. The van der Waals surface area contributed by atoms with E-state index in [0.717, 1.165) is 11.6 Å². The molecular formula is C12H21N3. The first-order valence-electron chi connectivity index (χ1n) is 6.02. The molecule has 1 aliphatic carbocycles. The average molecular weight is 207 g/mol. The third-order valence-electron chi connectivity index (χ3n) is 3.19. The molecule has 1 aromatic heterocycles. The Morgan fingerprint density at radius 1 is 1.27 bits per heavy atom. The number of nitrogens with one attached hydrogen (secondary N) is 1. The molecule has 3 heteroatoms. The fraction of sp³-hybridized carbons (Fsp3) is 0.750. The van der Waals surface area contributed by atoms with Crippen molar-refractivity contribution in [3.05, 3.63) is 11.9 Å². The highest BCUT2D eigenvalue weighted by molar-refractivity contribution is 5.29. The Balaban J connectivity index is 1.97. The molecule has 15 heavy (non-hydrogen) atoms. The van der Waals surface area contributed by atoms with Crippen LogP contribution < -0.4 is 5.32 Å². The van der Waals surface area contributed by atoms with Gasteiger partial charge in [0.1, 0.15) is 0 Å². The molecule has 0 spiro atoms. The minimum absolute atomic E-state index is 0.632. The molecule has 2 rings (SSSR count). The van der Waals surface area contributed by atoms with Gasteiger partial charge in [-0.3, -0.25) is 0 Å². The summed E-state index contributed by atoms with van der Waals surface area (Å²) in [6.07, 6.45) is 10.2. The lowest BCUT2D eigenvalue weighted by Crippen LogP contribution is -2.20. The van der Waals surface area contributed by atoms with Gasteiger partial charge >= 0.3 is 0 Å². The summed E-state index contributed by atoms with van der Waals surface area (Å²) >= 11 is 0. The molecule has 3 nitrogen and oxygen atoms in total. The van der Waals surface area contributed by atoms with Gasteiger partial charge in [0.25, 0.3) is 0 Å². The summed E-state index contributed by atoms with van der Waals surface area (Å²) in [4.78, 5) is 4.49. The quantitative estimate of drug-likeness (QED) is 0.756. The number of imidazole rings is 1. The van der Waals surface area contributed by atoms with E-state index >= 15 is 0 Å². The first kappa shape index (κ1) is 10.5. The summed E-state index contributed by atoms with van der Waals surface area (Å²) in [5.74, 6) is 1.03. The van der Waals surface area contributed by atoms with Crippen LogP contribution in [0.15, 0.2) is 6.20 Å². The molecule has 84 valence electrons. The maximum Gasteiger partial charge on any atom is 0.202 e. The van der Waals surface area contributed by atoms with Crippen molar-refractivity contribution in [3.8, 4) is 0 Å². The molecule has 0 radical (unpaired) electrons. The fourth-order valence-electron chi connectivity index (χ4n) is 2.36. The second-order valence-electron chi connectivity index (χ2n) is 4.65. The number of hydrogen-bond acceptors (Lipinski definition) is 2. The smallest absolute Gasteiger partial charge is 0.202 e. The van der Waals surface area contributed by atoms with Crippen molar-refractivity contribution in [1.82, 2.24) is 9.55 Å². The fourth-order valence-corrected chi connectivity index (χ4v) is 2.36. The topological polar surface area (TPSA) is 29.9 Å². The molecule has 1 heterocycles. The van der Waals surface area contributed by atoms with Crippen LogP contribution in [-0.4, -0.2) is 15.6 Å². The molecule has 1 aromatic rings. The van der Waals surface area contributed by atoms with E-state index in [1.54, 1.807) is 0 Å². The van der Waals surface area contributed by atoms with Crippen molar-refractivity contribution >= 4 is 5.95 Å². The number of aromatic nitrogens is 2. The number of hydrogen-bond donors (Lipinski definition) is 1. The van der Waals surface area contributed by atoms with Gasteiger partial charge in [0.2, 0.25) is 5.95 Å². The van der Waals surface area contributed by atoms with E-state index in [-0.39, 0.29) is 0 Å². The van der Waals surface area contributed by atoms with E-state index in [0.29, 0.717) is 6.04 Å². The maximum absolute atomic E-state index is 4.49. The predicted octanol–water partition coefficient (Wildman–Crippen LogP) is 2.86. The Kier molecular flexibility index (Phi) is 3.29. The van der Waals surface area contributed by atoms with Gasteiger partial charge in [-0.15, -0.1) is 0 Å². The van der Waals surface area contributed by atoms with Gasteiger partial charge in [0.05, 0.1) is 5.69 Å². The number of rotatable bonds is 2. The van der Waals surface area contributed by atoms with Gasteiger partial charge in [-0.1, -0.05) is 25.7 Å².